The Morgan fingerprint density at radius 2 is 2.14 bits per heavy atom. The summed E-state index contributed by atoms with van der Waals surface area (Å²) in [6, 6.07) is 6.21. The van der Waals surface area contributed by atoms with Gasteiger partial charge in [-0.1, -0.05) is 19.0 Å². The van der Waals surface area contributed by atoms with Crippen LogP contribution in [0.1, 0.15) is 37.0 Å². The Morgan fingerprint density at radius 1 is 1.29 bits per heavy atom. The van der Waals surface area contributed by atoms with Crippen LogP contribution in [0.3, 0.4) is 0 Å². The molecule has 0 atom stereocenters. The zero-order chi connectivity index (χ0) is 14.8. The smallest absolute Gasteiger partial charge is 0.240 e. The fourth-order valence-electron chi connectivity index (χ4n) is 2.23. The van der Waals surface area contributed by atoms with Crippen molar-refractivity contribution < 1.29 is 4.52 Å². The Balaban J connectivity index is 1.66. The Bertz CT molecular complexity index is 730. The van der Waals surface area contributed by atoms with Gasteiger partial charge in [0.15, 0.2) is 5.82 Å². The zero-order valence-corrected chi connectivity index (χ0v) is 12.5. The van der Waals surface area contributed by atoms with E-state index < -0.39 is 0 Å². The van der Waals surface area contributed by atoms with Gasteiger partial charge in [-0.25, -0.2) is 4.52 Å². The first kappa shape index (κ1) is 13.8. The first-order valence-corrected chi connectivity index (χ1v) is 7.05. The van der Waals surface area contributed by atoms with Crippen LogP contribution in [0.4, 0.5) is 0 Å². The topological polar surface area (TPSA) is 59.5 Å². The molecule has 21 heavy (non-hydrogen) atoms. The minimum absolute atomic E-state index is 0.289. The van der Waals surface area contributed by atoms with E-state index in [0.29, 0.717) is 12.4 Å². The Hall–Kier alpha value is -2.21. The van der Waals surface area contributed by atoms with Crippen LogP contribution in [-0.2, 0) is 13.1 Å². The fourth-order valence-corrected chi connectivity index (χ4v) is 2.23. The van der Waals surface area contributed by atoms with Crippen LogP contribution in [0.25, 0.3) is 5.52 Å². The van der Waals surface area contributed by atoms with E-state index in [2.05, 4.69) is 46.1 Å². The maximum atomic E-state index is 5.28. The van der Waals surface area contributed by atoms with Crippen LogP contribution in [0.2, 0.25) is 0 Å². The van der Waals surface area contributed by atoms with E-state index in [4.69, 9.17) is 4.52 Å². The van der Waals surface area contributed by atoms with Crippen LogP contribution in [0.15, 0.2) is 35.1 Å². The minimum atomic E-state index is 0.289. The minimum Gasteiger partial charge on any atom is -0.338 e. The lowest BCUT2D eigenvalue weighted by atomic mass is 10.2. The highest BCUT2D eigenvalue weighted by Gasteiger charge is 2.11. The third-order valence-corrected chi connectivity index (χ3v) is 3.32. The standard InChI is InChI=1S/C15H19N5O/c1-11(2)15-17-14(21-18-15)10-19(3)9-12-5-7-20-13(8-12)4-6-16-20/h4-8,11H,9-10H2,1-3H3. The Morgan fingerprint density at radius 3 is 2.90 bits per heavy atom. The number of rotatable bonds is 5. The molecule has 0 bridgehead atoms. The molecule has 0 unspecified atom stereocenters. The number of nitrogens with zero attached hydrogens (tertiary/aromatic N) is 5. The molecule has 110 valence electrons. The molecule has 0 saturated carbocycles. The van der Waals surface area contributed by atoms with E-state index >= 15 is 0 Å². The normalized spacial score (nSPS) is 11.9. The lowest BCUT2D eigenvalue weighted by Gasteiger charge is -2.14. The van der Waals surface area contributed by atoms with Gasteiger partial charge < -0.3 is 4.52 Å². The Kier molecular flexibility index (Phi) is 3.70. The SMILES string of the molecule is CC(C)c1noc(CN(C)Cc2ccn3nccc3c2)n1. The van der Waals surface area contributed by atoms with E-state index in [1.165, 1.54) is 5.56 Å². The van der Waals surface area contributed by atoms with Crippen molar-refractivity contribution in [2.75, 3.05) is 7.05 Å². The molecule has 3 heterocycles. The van der Waals surface area contributed by atoms with Crippen molar-refractivity contribution in [3.63, 3.8) is 0 Å². The van der Waals surface area contributed by atoms with Gasteiger partial charge in [-0.2, -0.15) is 10.1 Å². The molecule has 3 aromatic rings. The Labute approximate surface area is 123 Å². The molecule has 0 N–H and O–H groups in total. The van der Waals surface area contributed by atoms with Crippen molar-refractivity contribution in [3.05, 3.63) is 47.9 Å². The van der Waals surface area contributed by atoms with Crippen molar-refractivity contribution in [2.24, 2.45) is 0 Å². The predicted molar refractivity (Wildman–Crippen MR) is 78.8 cm³/mol. The highest BCUT2D eigenvalue weighted by atomic mass is 16.5. The highest BCUT2D eigenvalue weighted by molar-refractivity contribution is 5.47. The van der Waals surface area contributed by atoms with Crippen molar-refractivity contribution in [3.8, 4) is 0 Å². The van der Waals surface area contributed by atoms with E-state index in [0.717, 1.165) is 17.9 Å². The lowest BCUT2D eigenvalue weighted by molar-refractivity contribution is 0.260. The molecule has 0 saturated heterocycles. The van der Waals surface area contributed by atoms with Gasteiger partial charge in [-0.3, -0.25) is 4.90 Å². The van der Waals surface area contributed by atoms with E-state index in [1.54, 1.807) is 6.20 Å². The summed E-state index contributed by atoms with van der Waals surface area (Å²) in [6.45, 7) is 5.57. The quantitative estimate of drug-likeness (QED) is 0.720. The average Bonchev–Trinajstić information content (AvgIpc) is 3.06. The van der Waals surface area contributed by atoms with Gasteiger partial charge in [-0.05, 0) is 30.8 Å². The first-order chi connectivity index (χ1) is 10.1. The molecule has 6 heteroatoms. The molecule has 0 aliphatic rings. The van der Waals surface area contributed by atoms with Gasteiger partial charge in [-0.15, -0.1) is 0 Å². The van der Waals surface area contributed by atoms with Crippen molar-refractivity contribution >= 4 is 5.52 Å². The largest absolute Gasteiger partial charge is 0.338 e. The fraction of sp³-hybridized carbons (Fsp3) is 0.400. The number of hydrogen-bond acceptors (Lipinski definition) is 5. The molecule has 0 aromatic carbocycles. The van der Waals surface area contributed by atoms with Crippen LogP contribution >= 0.6 is 0 Å². The zero-order valence-electron chi connectivity index (χ0n) is 12.5. The second-order valence-electron chi connectivity index (χ2n) is 5.61. The number of hydrogen-bond donors (Lipinski definition) is 0. The molecule has 6 nitrogen and oxygen atoms in total. The average molecular weight is 285 g/mol. The summed E-state index contributed by atoms with van der Waals surface area (Å²) in [5.74, 6) is 1.71. The second-order valence-corrected chi connectivity index (χ2v) is 5.61. The molecule has 0 fully saturated rings. The van der Waals surface area contributed by atoms with Gasteiger partial charge in [0, 0.05) is 24.9 Å². The van der Waals surface area contributed by atoms with Crippen molar-refractivity contribution in [1.82, 2.24) is 24.7 Å². The predicted octanol–water partition coefficient (Wildman–Crippen LogP) is 2.47. The molecule has 0 amide bonds. The molecule has 3 rings (SSSR count). The third-order valence-electron chi connectivity index (χ3n) is 3.32. The summed E-state index contributed by atoms with van der Waals surface area (Å²) in [7, 11) is 2.04. The first-order valence-electron chi connectivity index (χ1n) is 7.05. The number of aromatic nitrogens is 4. The number of pyridine rings is 1. The maximum absolute atomic E-state index is 5.28. The summed E-state index contributed by atoms with van der Waals surface area (Å²) in [5.41, 5.74) is 2.33. The second kappa shape index (κ2) is 5.65. The highest BCUT2D eigenvalue weighted by Crippen LogP contribution is 2.13. The third kappa shape index (κ3) is 3.11. The monoisotopic (exact) mass is 285 g/mol. The summed E-state index contributed by atoms with van der Waals surface area (Å²) >= 11 is 0. The van der Waals surface area contributed by atoms with Crippen LogP contribution in [-0.4, -0.2) is 31.7 Å². The van der Waals surface area contributed by atoms with E-state index in [1.807, 2.05) is 23.8 Å². The molecule has 0 radical (unpaired) electrons. The van der Waals surface area contributed by atoms with E-state index in [-0.39, 0.29) is 5.92 Å². The molecular weight excluding hydrogens is 266 g/mol. The molecule has 0 spiro atoms. The summed E-state index contributed by atoms with van der Waals surface area (Å²) in [4.78, 5) is 6.55. The summed E-state index contributed by atoms with van der Waals surface area (Å²) in [5, 5.41) is 8.18. The molecule has 3 aromatic heterocycles. The van der Waals surface area contributed by atoms with Crippen LogP contribution in [0, 0.1) is 0 Å². The maximum Gasteiger partial charge on any atom is 0.240 e. The van der Waals surface area contributed by atoms with E-state index in [9.17, 15) is 0 Å². The van der Waals surface area contributed by atoms with Crippen molar-refractivity contribution in [2.45, 2.75) is 32.9 Å². The molecule has 0 aliphatic heterocycles. The van der Waals surface area contributed by atoms with Crippen LogP contribution in [0.5, 0.6) is 0 Å². The van der Waals surface area contributed by atoms with Gasteiger partial charge >= 0.3 is 0 Å². The number of fused-ring (bicyclic) bond motifs is 1. The molecular formula is C15H19N5O. The summed E-state index contributed by atoms with van der Waals surface area (Å²) < 4.78 is 7.13. The van der Waals surface area contributed by atoms with Crippen LogP contribution < -0.4 is 0 Å². The van der Waals surface area contributed by atoms with Gasteiger partial charge in [0.05, 0.1) is 12.1 Å². The van der Waals surface area contributed by atoms with Crippen molar-refractivity contribution in [1.29, 1.82) is 0 Å². The van der Waals surface area contributed by atoms with Gasteiger partial charge in [0.2, 0.25) is 5.89 Å². The molecule has 0 aliphatic carbocycles. The summed E-state index contributed by atoms with van der Waals surface area (Å²) in [6.07, 6.45) is 3.77. The lowest BCUT2D eigenvalue weighted by Crippen LogP contribution is -2.17. The van der Waals surface area contributed by atoms with Gasteiger partial charge in [0.25, 0.3) is 0 Å². The van der Waals surface area contributed by atoms with Gasteiger partial charge in [0.1, 0.15) is 0 Å².